The van der Waals surface area contributed by atoms with Crippen LogP contribution < -0.4 is 24.8 Å². The Morgan fingerprint density at radius 1 is 0.852 bits per heavy atom. The van der Waals surface area contributed by atoms with Gasteiger partial charge in [-0.1, -0.05) is 6.92 Å². The second kappa shape index (κ2) is 9.47. The fourth-order valence-electron chi connectivity index (χ4n) is 2.47. The fourth-order valence-corrected chi connectivity index (χ4v) is 2.47. The maximum atomic E-state index is 12.5. The molecule has 27 heavy (non-hydrogen) atoms. The summed E-state index contributed by atoms with van der Waals surface area (Å²) >= 11 is 0. The number of anilines is 1. The molecule has 2 rings (SSSR count). The van der Waals surface area contributed by atoms with Gasteiger partial charge in [0, 0.05) is 35.5 Å². The van der Waals surface area contributed by atoms with Crippen LogP contribution in [0, 0.1) is 0 Å². The summed E-state index contributed by atoms with van der Waals surface area (Å²) in [6, 6.07) is 9.74. The fraction of sp³-hybridized carbons (Fsp3) is 0.300. The van der Waals surface area contributed by atoms with Gasteiger partial charge in [0.1, 0.15) is 0 Å². The summed E-state index contributed by atoms with van der Waals surface area (Å²) in [5.74, 6) is 0.851. The number of ether oxygens (including phenoxy) is 3. The molecule has 0 fully saturated rings. The van der Waals surface area contributed by atoms with E-state index < -0.39 is 0 Å². The number of carbonyl (C=O) groups excluding carboxylic acids is 2. The van der Waals surface area contributed by atoms with Gasteiger partial charge in [0.25, 0.3) is 11.8 Å². The average Bonchev–Trinajstić information content (AvgIpc) is 2.71. The molecule has 144 valence electrons. The molecule has 2 aromatic carbocycles. The number of rotatable bonds is 8. The molecule has 0 saturated heterocycles. The van der Waals surface area contributed by atoms with E-state index in [0.29, 0.717) is 40.6 Å². The minimum Gasteiger partial charge on any atom is -0.493 e. The third-order valence-corrected chi connectivity index (χ3v) is 3.87. The topological polar surface area (TPSA) is 85.9 Å². The van der Waals surface area contributed by atoms with Gasteiger partial charge in [-0.05, 0) is 30.7 Å². The summed E-state index contributed by atoms with van der Waals surface area (Å²) in [6.07, 6.45) is 0.862. The van der Waals surface area contributed by atoms with E-state index in [-0.39, 0.29) is 11.8 Å². The Morgan fingerprint density at radius 2 is 1.37 bits per heavy atom. The Kier molecular flexibility index (Phi) is 7.05. The SMILES string of the molecule is CCCNC(=O)c1ccc(C(=O)Nc2cc(OC)c(OC)c(OC)c2)cc1. The van der Waals surface area contributed by atoms with Crippen molar-refractivity contribution >= 4 is 17.5 Å². The van der Waals surface area contributed by atoms with Gasteiger partial charge >= 0.3 is 0 Å². The largest absolute Gasteiger partial charge is 0.493 e. The number of nitrogens with one attached hydrogen (secondary N) is 2. The van der Waals surface area contributed by atoms with E-state index >= 15 is 0 Å². The number of benzene rings is 2. The summed E-state index contributed by atoms with van der Waals surface area (Å²) in [7, 11) is 4.52. The summed E-state index contributed by atoms with van der Waals surface area (Å²) in [4.78, 5) is 24.4. The zero-order valence-corrected chi connectivity index (χ0v) is 15.9. The molecule has 0 unspecified atom stereocenters. The van der Waals surface area contributed by atoms with Gasteiger partial charge in [-0.25, -0.2) is 0 Å². The zero-order valence-electron chi connectivity index (χ0n) is 15.9. The lowest BCUT2D eigenvalue weighted by Crippen LogP contribution is -2.24. The Labute approximate surface area is 158 Å². The lowest BCUT2D eigenvalue weighted by Gasteiger charge is -2.14. The van der Waals surface area contributed by atoms with E-state index in [1.54, 1.807) is 36.4 Å². The Hall–Kier alpha value is -3.22. The molecule has 0 aliphatic carbocycles. The van der Waals surface area contributed by atoms with Gasteiger partial charge in [0.15, 0.2) is 11.5 Å². The van der Waals surface area contributed by atoms with Crippen molar-refractivity contribution in [3.05, 3.63) is 47.5 Å². The van der Waals surface area contributed by atoms with Crippen LogP contribution in [0.2, 0.25) is 0 Å². The minimum absolute atomic E-state index is 0.159. The number of hydrogen-bond donors (Lipinski definition) is 2. The van der Waals surface area contributed by atoms with Crippen LogP contribution >= 0.6 is 0 Å². The molecule has 0 aliphatic rings. The predicted octanol–water partition coefficient (Wildman–Crippen LogP) is 3.10. The monoisotopic (exact) mass is 372 g/mol. The van der Waals surface area contributed by atoms with E-state index in [9.17, 15) is 9.59 Å². The van der Waals surface area contributed by atoms with E-state index in [1.807, 2.05) is 6.92 Å². The van der Waals surface area contributed by atoms with Gasteiger partial charge < -0.3 is 24.8 Å². The molecule has 0 heterocycles. The maximum absolute atomic E-state index is 12.5. The molecule has 0 bridgehead atoms. The van der Waals surface area contributed by atoms with Crippen LogP contribution in [0.25, 0.3) is 0 Å². The van der Waals surface area contributed by atoms with Crippen molar-refractivity contribution < 1.29 is 23.8 Å². The molecule has 7 nitrogen and oxygen atoms in total. The smallest absolute Gasteiger partial charge is 0.255 e. The highest BCUT2D eigenvalue weighted by atomic mass is 16.5. The molecular formula is C20H24N2O5. The Bertz CT molecular complexity index is 778. The van der Waals surface area contributed by atoms with Crippen molar-refractivity contribution in [1.29, 1.82) is 0 Å². The van der Waals surface area contributed by atoms with Crippen LogP contribution in [0.4, 0.5) is 5.69 Å². The highest BCUT2D eigenvalue weighted by Crippen LogP contribution is 2.40. The van der Waals surface area contributed by atoms with E-state index in [2.05, 4.69) is 10.6 Å². The maximum Gasteiger partial charge on any atom is 0.255 e. The highest BCUT2D eigenvalue weighted by Gasteiger charge is 2.15. The first kappa shape index (κ1) is 20.1. The van der Waals surface area contributed by atoms with Crippen LogP contribution in [0.5, 0.6) is 17.2 Å². The average molecular weight is 372 g/mol. The van der Waals surface area contributed by atoms with Crippen LogP contribution in [0.15, 0.2) is 36.4 Å². The second-order valence-electron chi connectivity index (χ2n) is 5.70. The quantitative estimate of drug-likeness (QED) is 0.744. The summed E-state index contributed by atoms with van der Waals surface area (Å²) < 4.78 is 15.8. The first-order valence-electron chi connectivity index (χ1n) is 8.53. The first-order chi connectivity index (χ1) is 13.0. The van der Waals surface area contributed by atoms with Crippen molar-refractivity contribution in [1.82, 2.24) is 5.32 Å². The minimum atomic E-state index is -0.315. The molecular weight excluding hydrogens is 348 g/mol. The van der Waals surface area contributed by atoms with Crippen molar-refractivity contribution in [2.45, 2.75) is 13.3 Å². The molecule has 7 heteroatoms. The van der Waals surface area contributed by atoms with Crippen molar-refractivity contribution in [3.8, 4) is 17.2 Å². The third-order valence-electron chi connectivity index (χ3n) is 3.87. The molecule has 0 atom stereocenters. The molecule has 2 amide bonds. The number of carbonyl (C=O) groups is 2. The standard InChI is InChI=1S/C20H24N2O5/c1-5-10-21-19(23)13-6-8-14(9-7-13)20(24)22-15-11-16(25-2)18(27-4)17(12-15)26-3/h6-9,11-12H,5,10H2,1-4H3,(H,21,23)(H,22,24). The van der Waals surface area contributed by atoms with Gasteiger partial charge in [-0.2, -0.15) is 0 Å². The van der Waals surface area contributed by atoms with Crippen LogP contribution in [0.3, 0.4) is 0 Å². The Morgan fingerprint density at radius 3 is 1.81 bits per heavy atom. The molecule has 0 saturated carbocycles. The van der Waals surface area contributed by atoms with E-state index in [1.165, 1.54) is 21.3 Å². The molecule has 2 aromatic rings. The van der Waals surface area contributed by atoms with Gasteiger partial charge in [-0.3, -0.25) is 9.59 Å². The van der Waals surface area contributed by atoms with Crippen molar-refractivity contribution in [2.24, 2.45) is 0 Å². The van der Waals surface area contributed by atoms with Crippen LogP contribution in [-0.2, 0) is 0 Å². The van der Waals surface area contributed by atoms with Crippen molar-refractivity contribution in [2.75, 3.05) is 33.2 Å². The summed E-state index contributed by atoms with van der Waals surface area (Å²) in [5, 5.41) is 5.58. The molecule has 0 aliphatic heterocycles. The summed E-state index contributed by atoms with van der Waals surface area (Å²) in [5.41, 5.74) is 1.43. The lowest BCUT2D eigenvalue weighted by atomic mass is 10.1. The highest BCUT2D eigenvalue weighted by molar-refractivity contribution is 6.05. The number of hydrogen-bond acceptors (Lipinski definition) is 5. The van der Waals surface area contributed by atoms with Gasteiger partial charge in [0.2, 0.25) is 5.75 Å². The molecule has 0 radical (unpaired) electrons. The van der Waals surface area contributed by atoms with E-state index in [4.69, 9.17) is 14.2 Å². The zero-order chi connectivity index (χ0) is 19.8. The van der Waals surface area contributed by atoms with Crippen molar-refractivity contribution in [3.63, 3.8) is 0 Å². The molecule has 0 aromatic heterocycles. The normalized spacial score (nSPS) is 10.1. The van der Waals surface area contributed by atoms with Gasteiger partial charge in [0.05, 0.1) is 21.3 Å². The first-order valence-corrected chi connectivity index (χ1v) is 8.53. The predicted molar refractivity (Wildman–Crippen MR) is 103 cm³/mol. The third kappa shape index (κ3) is 4.91. The summed E-state index contributed by atoms with van der Waals surface area (Å²) in [6.45, 7) is 2.60. The Balaban J connectivity index is 2.16. The van der Waals surface area contributed by atoms with Crippen LogP contribution in [-0.4, -0.2) is 39.7 Å². The van der Waals surface area contributed by atoms with Gasteiger partial charge in [-0.15, -0.1) is 0 Å². The van der Waals surface area contributed by atoms with E-state index in [0.717, 1.165) is 6.42 Å². The number of methoxy groups -OCH3 is 3. The lowest BCUT2D eigenvalue weighted by molar-refractivity contribution is 0.0951. The van der Waals surface area contributed by atoms with Crippen LogP contribution in [0.1, 0.15) is 34.1 Å². The molecule has 0 spiro atoms. The number of amides is 2. The second-order valence-corrected chi connectivity index (χ2v) is 5.70. The molecule has 2 N–H and O–H groups in total.